The molecule has 4 aromatic rings. The van der Waals surface area contributed by atoms with Gasteiger partial charge in [-0.3, -0.25) is 14.3 Å². The van der Waals surface area contributed by atoms with E-state index in [1.807, 2.05) is 19.9 Å². The maximum absolute atomic E-state index is 13.1. The van der Waals surface area contributed by atoms with Crippen LogP contribution in [0.2, 0.25) is 0 Å². The number of carbonyl (C=O) groups excluding carboxylic acids is 1. The number of aromatic nitrogens is 2. The van der Waals surface area contributed by atoms with Gasteiger partial charge in [0.2, 0.25) is 5.75 Å². The van der Waals surface area contributed by atoms with Crippen LogP contribution in [-0.4, -0.2) is 38.2 Å². The first kappa shape index (κ1) is 22.9. The fraction of sp³-hybridized carbons (Fsp3) is 0.240. The first-order valence-electron chi connectivity index (χ1n) is 10.6. The number of nitrogens with zero attached hydrogens (tertiary/aromatic N) is 2. The Hall–Kier alpha value is -4.27. The van der Waals surface area contributed by atoms with Gasteiger partial charge in [-0.25, -0.2) is 0 Å². The van der Waals surface area contributed by atoms with E-state index in [2.05, 4.69) is 5.10 Å². The summed E-state index contributed by atoms with van der Waals surface area (Å²) in [6, 6.07) is 11.6. The molecular weight excluding hydrogens is 440 g/mol. The summed E-state index contributed by atoms with van der Waals surface area (Å²) in [5.41, 5.74) is 0.312. The van der Waals surface area contributed by atoms with Crippen molar-refractivity contribution in [2.24, 2.45) is 0 Å². The van der Waals surface area contributed by atoms with Crippen LogP contribution in [0, 0.1) is 0 Å². The van der Waals surface area contributed by atoms with Crippen LogP contribution in [0.3, 0.4) is 0 Å². The van der Waals surface area contributed by atoms with Crippen molar-refractivity contribution in [3.63, 3.8) is 0 Å². The van der Waals surface area contributed by atoms with Gasteiger partial charge in [0.25, 0.3) is 0 Å². The standard InChI is InChI=1S/C25H24N2O7/c1-13(2)27-16(9-10-26-27)15(11-19(29)33-3)20-22(30)24(32)23(31)21-17(28)12-18(34-25(20)21)14-7-5-4-6-8-14/h4-10,12-13,15,30-32H,11H2,1-3H3/t15-/m0/s1. The predicted molar refractivity (Wildman–Crippen MR) is 124 cm³/mol. The molecule has 0 spiro atoms. The van der Waals surface area contributed by atoms with Crippen molar-refractivity contribution < 1.29 is 29.3 Å². The molecule has 0 fully saturated rings. The Morgan fingerprint density at radius 1 is 1.09 bits per heavy atom. The highest BCUT2D eigenvalue weighted by Gasteiger charge is 2.33. The van der Waals surface area contributed by atoms with E-state index in [9.17, 15) is 24.9 Å². The Balaban J connectivity index is 2.10. The molecule has 9 heteroatoms. The van der Waals surface area contributed by atoms with Crippen molar-refractivity contribution in [1.29, 1.82) is 0 Å². The Kier molecular flexibility index (Phi) is 6.02. The van der Waals surface area contributed by atoms with E-state index in [4.69, 9.17) is 9.15 Å². The molecule has 2 aromatic heterocycles. The minimum atomic E-state index is -0.916. The molecule has 0 unspecified atom stereocenters. The summed E-state index contributed by atoms with van der Waals surface area (Å²) in [5, 5.41) is 36.0. The highest BCUT2D eigenvalue weighted by atomic mass is 16.5. The van der Waals surface area contributed by atoms with Crippen molar-refractivity contribution in [2.75, 3.05) is 7.11 Å². The first-order valence-corrected chi connectivity index (χ1v) is 10.6. The molecule has 2 aromatic carbocycles. The number of methoxy groups -OCH3 is 1. The van der Waals surface area contributed by atoms with Crippen molar-refractivity contribution in [1.82, 2.24) is 9.78 Å². The van der Waals surface area contributed by atoms with Crippen LogP contribution in [0.1, 0.15) is 43.5 Å². The Bertz CT molecular complexity index is 1420. The summed E-state index contributed by atoms with van der Waals surface area (Å²) in [5.74, 6) is -3.71. The molecule has 0 aliphatic carbocycles. The molecule has 0 radical (unpaired) electrons. The van der Waals surface area contributed by atoms with E-state index in [0.717, 1.165) is 0 Å². The molecule has 9 nitrogen and oxygen atoms in total. The largest absolute Gasteiger partial charge is 0.504 e. The van der Waals surface area contributed by atoms with Crippen LogP contribution in [0.15, 0.2) is 57.9 Å². The number of esters is 1. The summed E-state index contributed by atoms with van der Waals surface area (Å²) in [6.07, 6.45) is 1.30. The third-order valence-electron chi connectivity index (χ3n) is 5.69. The Morgan fingerprint density at radius 2 is 1.79 bits per heavy atom. The normalized spacial score (nSPS) is 12.2. The van der Waals surface area contributed by atoms with Gasteiger partial charge in [-0.2, -0.15) is 5.10 Å². The number of benzene rings is 2. The third kappa shape index (κ3) is 3.85. The molecule has 0 saturated heterocycles. The highest BCUT2D eigenvalue weighted by molar-refractivity contribution is 5.93. The van der Waals surface area contributed by atoms with Gasteiger partial charge in [0, 0.05) is 35.5 Å². The molecular formula is C25H24N2O7. The van der Waals surface area contributed by atoms with Crippen LogP contribution in [0.5, 0.6) is 17.2 Å². The predicted octanol–water partition coefficient (Wildman–Crippen LogP) is 4.05. The molecule has 34 heavy (non-hydrogen) atoms. The van der Waals surface area contributed by atoms with Gasteiger partial charge in [0.05, 0.1) is 19.1 Å². The number of phenols is 3. The third-order valence-corrected chi connectivity index (χ3v) is 5.69. The van der Waals surface area contributed by atoms with Crippen molar-refractivity contribution >= 4 is 16.9 Å². The number of carbonyl (C=O) groups is 1. The van der Waals surface area contributed by atoms with Gasteiger partial charge >= 0.3 is 5.97 Å². The number of hydrogen-bond acceptors (Lipinski definition) is 8. The number of phenolic OH excluding ortho intramolecular Hbond substituents is 3. The van der Waals surface area contributed by atoms with Gasteiger partial charge in [-0.15, -0.1) is 0 Å². The smallest absolute Gasteiger partial charge is 0.306 e. The van der Waals surface area contributed by atoms with E-state index in [1.165, 1.54) is 13.2 Å². The summed E-state index contributed by atoms with van der Waals surface area (Å²) in [7, 11) is 1.24. The van der Waals surface area contributed by atoms with E-state index >= 15 is 0 Å². The Labute approximate surface area is 194 Å². The van der Waals surface area contributed by atoms with Gasteiger partial charge < -0.3 is 24.5 Å². The lowest BCUT2D eigenvalue weighted by atomic mass is 9.89. The lowest BCUT2D eigenvalue weighted by Gasteiger charge is -2.22. The van der Waals surface area contributed by atoms with E-state index in [1.54, 1.807) is 41.2 Å². The zero-order valence-corrected chi connectivity index (χ0v) is 18.8. The fourth-order valence-corrected chi connectivity index (χ4v) is 4.08. The van der Waals surface area contributed by atoms with Crippen LogP contribution >= 0.6 is 0 Å². The average molecular weight is 464 g/mol. The first-order chi connectivity index (χ1) is 16.2. The quantitative estimate of drug-likeness (QED) is 0.287. The highest BCUT2D eigenvalue weighted by Crippen LogP contribution is 2.49. The zero-order valence-electron chi connectivity index (χ0n) is 18.8. The second-order valence-electron chi connectivity index (χ2n) is 8.13. The minimum Gasteiger partial charge on any atom is -0.504 e. The van der Waals surface area contributed by atoms with Crippen LogP contribution < -0.4 is 5.43 Å². The lowest BCUT2D eigenvalue weighted by Crippen LogP contribution is -2.17. The number of hydrogen-bond donors (Lipinski definition) is 3. The SMILES string of the molecule is COC(=O)C[C@H](c1c(O)c(O)c(O)c2c(=O)cc(-c3ccccc3)oc12)c1ccnn1C(C)C. The van der Waals surface area contributed by atoms with Crippen molar-refractivity contribution in [3.05, 3.63) is 70.1 Å². The average Bonchev–Trinajstić information content (AvgIpc) is 3.32. The summed E-state index contributed by atoms with van der Waals surface area (Å²) < 4.78 is 12.6. The minimum absolute atomic E-state index is 0.0343. The summed E-state index contributed by atoms with van der Waals surface area (Å²) in [6.45, 7) is 3.79. The van der Waals surface area contributed by atoms with Crippen LogP contribution in [0.25, 0.3) is 22.3 Å². The topological polar surface area (TPSA) is 135 Å². The van der Waals surface area contributed by atoms with Crippen LogP contribution in [-0.2, 0) is 9.53 Å². The number of rotatable bonds is 6. The molecule has 0 bridgehead atoms. The maximum Gasteiger partial charge on any atom is 0.306 e. The summed E-state index contributed by atoms with van der Waals surface area (Å²) in [4.78, 5) is 25.4. The molecule has 0 saturated carbocycles. The second kappa shape index (κ2) is 8.93. The van der Waals surface area contributed by atoms with Gasteiger partial charge in [-0.1, -0.05) is 30.3 Å². The van der Waals surface area contributed by atoms with Crippen LogP contribution in [0.4, 0.5) is 0 Å². The van der Waals surface area contributed by atoms with Crippen molar-refractivity contribution in [3.8, 4) is 28.6 Å². The van der Waals surface area contributed by atoms with E-state index < -0.39 is 34.6 Å². The van der Waals surface area contributed by atoms with Gasteiger partial charge in [0.1, 0.15) is 16.7 Å². The molecule has 4 rings (SSSR count). The molecule has 1 atom stereocenters. The molecule has 176 valence electrons. The number of aromatic hydroxyl groups is 3. The monoisotopic (exact) mass is 464 g/mol. The molecule has 2 heterocycles. The maximum atomic E-state index is 13.1. The van der Waals surface area contributed by atoms with E-state index in [-0.39, 0.29) is 34.8 Å². The fourth-order valence-electron chi connectivity index (χ4n) is 4.08. The van der Waals surface area contributed by atoms with Crippen molar-refractivity contribution in [2.45, 2.75) is 32.2 Å². The summed E-state index contributed by atoms with van der Waals surface area (Å²) >= 11 is 0. The number of ether oxygens (including phenoxy) is 1. The molecule has 0 aliphatic rings. The molecule has 0 amide bonds. The second-order valence-corrected chi connectivity index (χ2v) is 8.13. The van der Waals surface area contributed by atoms with E-state index in [0.29, 0.717) is 11.3 Å². The zero-order chi connectivity index (χ0) is 24.6. The van der Waals surface area contributed by atoms with Gasteiger partial charge in [-0.05, 0) is 19.9 Å². The molecule has 0 aliphatic heterocycles. The number of fused-ring (bicyclic) bond motifs is 1. The lowest BCUT2D eigenvalue weighted by molar-refractivity contribution is -0.140. The molecule has 3 N–H and O–H groups in total. The van der Waals surface area contributed by atoms with Gasteiger partial charge in [0.15, 0.2) is 16.9 Å². The Morgan fingerprint density at radius 3 is 2.44 bits per heavy atom.